The molecule has 2 aliphatic rings. The van der Waals surface area contributed by atoms with E-state index in [0.717, 1.165) is 30.3 Å². The molecular formula is C23H30N4O5S. The number of ether oxygens (including phenoxy) is 3. The third-order valence-corrected chi connectivity index (χ3v) is 6.84. The van der Waals surface area contributed by atoms with E-state index in [2.05, 4.69) is 33.9 Å². The first-order chi connectivity index (χ1) is 15.9. The average Bonchev–Trinajstić information content (AvgIpc) is 3.32. The van der Waals surface area contributed by atoms with E-state index in [1.165, 1.54) is 18.4 Å². The Bertz CT molecular complexity index is 1000. The number of carbonyl (C=O) groups is 2. The maximum absolute atomic E-state index is 12.9. The summed E-state index contributed by atoms with van der Waals surface area (Å²) >= 11 is 1.42. The van der Waals surface area contributed by atoms with Crippen LogP contribution in [0.3, 0.4) is 0 Å². The van der Waals surface area contributed by atoms with Crippen LogP contribution in [-0.2, 0) is 20.8 Å². The van der Waals surface area contributed by atoms with E-state index in [1.807, 2.05) is 6.07 Å². The van der Waals surface area contributed by atoms with Crippen LogP contribution in [-0.4, -0.2) is 80.5 Å². The van der Waals surface area contributed by atoms with Crippen molar-refractivity contribution >= 4 is 34.0 Å². The summed E-state index contributed by atoms with van der Waals surface area (Å²) < 4.78 is 15.9. The lowest BCUT2D eigenvalue weighted by Gasteiger charge is -2.42. The highest BCUT2D eigenvalue weighted by Crippen LogP contribution is 2.26. The highest BCUT2D eigenvalue weighted by atomic mass is 32.1. The predicted octanol–water partition coefficient (Wildman–Crippen LogP) is 2.63. The zero-order valence-electron chi connectivity index (χ0n) is 19.3. The van der Waals surface area contributed by atoms with Crippen molar-refractivity contribution in [1.82, 2.24) is 9.88 Å². The van der Waals surface area contributed by atoms with E-state index >= 15 is 0 Å². The summed E-state index contributed by atoms with van der Waals surface area (Å²) in [4.78, 5) is 34.3. The summed E-state index contributed by atoms with van der Waals surface area (Å²) in [6, 6.07) is 5.46. The molecule has 3 heterocycles. The lowest BCUT2D eigenvalue weighted by atomic mass is 10.0. The van der Waals surface area contributed by atoms with Gasteiger partial charge in [0.2, 0.25) is 0 Å². The van der Waals surface area contributed by atoms with E-state index in [1.54, 1.807) is 17.5 Å². The Morgan fingerprint density at radius 2 is 1.94 bits per heavy atom. The van der Waals surface area contributed by atoms with Gasteiger partial charge in [0.15, 0.2) is 5.13 Å². The minimum Gasteiger partial charge on any atom is -0.465 e. The maximum Gasteiger partial charge on any atom is 0.339 e. The van der Waals surface area contributed by atoms with Crippen molar-refractivity contribution < 1.29 is 23.8 Å². The van der Waals surface area contributed by atoms with Gasteiger partial charge in [0, 0.05) is 37.1 Å². The van der Waals surface area contributed by atoms with Crippen LogP contribution in [0.25, 0.3) is 0 Å². The van der Waals surface area contributed by atoms with Crippen LogP contribution in [0.1, 0.15) is 40.3 Å². The molecule has 2 fully saturated rings. The molecule has 178 valence electrons. The van der Waals surface area contributed by atoms with Crippen molar-refractivity contribution in [3.63, 3.8) is 0 Å². The molecule has 0 saturated carbocycles. The summed E-state index contributed by atoms with van der Waals surface area (Å²) in [5.74, 6) is -0.862. The number of esters is 1. The van der Waals surface area contributed by atoms with Gasteiger partial charge in [-0.05, 0) is 31.5 Å². The van der Waals surface area contributed by atoms with Crippen LogP contribution in [0.4, 0.5) is 10.8 Å². The number of hydrogen-bond donors (Lipinski definition) is 1. The number of morpholine rings is 2. The molecule has 10 heteroatoms. The Morgan fingerprint density at radius 3 is 2.67 bits per heavy atom. The number of amides is 1. The fraction of sp³-hybridized carbons (Fsp3) is 0.522. The Labute approximate surface area is 197 Å². The van der Waals surface area contributed by atoms with Crippen LogP contribution >= 0.6 is 11.3 Å². The molecule has 4 rings (SSSR count). The number of nitrogens with zero attached hydrogens (tertiary/aromatic N) is 3. The quantitative estimate of drug-likeness (QED) is 0.639. The molecule has 2 aromatic rings. The molecule has 1 aromatic carbocycles. The van der Waals surface area contributed by atoms with E-state index in [-0.39, 0.29) is 11.4 Å². The first kappa shape index (κ1) is 23.6. The van der Waals surface area contributed by atoms with Gasteiger partial charge in [0.05, 0.1) is 44.8 Å². The van der Waals surface area contributed by atoms with Crippen LogP contribution in [0.15, 0.2) is 23.6 Å². The number of rotatable bonds is 6. The molecule has 1 N–H and O–H groups in total. The van der Waals surface area contributed by atoms with Gasteiger partial charge in [-0.25, -0.2) is 9.78 Å². The van der Waals surface area contributed by atoms with Crippen molar-refractivity contribution in [3.8, 4) is 0 Å². The van der Waals surface area contributed by atoms with Gasteiger partial charge in [0.25, 0.3) is 5.91 Å². The van der Waals surface area contributed by atoms with Crippen molar-refractivity contribution in [2.75, 3.05) is 63.4 Å². The summed E-state index contributed by atoms with van der Waals surface area (Å²) in [6.45, 7) is 9.91. The number of aromatic nitrogens is 1. The summed E-state index contributed by atoms with van der Waals surface area (Å²) in [7, 11) is 1.33. The Kier molecular flexibility index (Phi) is 7.28. The molecule has 2 saturated heterocycles. The van der Waals surface area contributed by atoms with Gasteiger partial charge >= 0.3 is 5.97 Å². The first-order valence-corrected chi connectivity index (χ1v) is 11.9. The first-order valence-electron chi connectivity index (χ1n) is 11.0. The minimum atomic E-state index is -0.499. The molecule has 0 spiro atoms. The number of thiazole rings is 1. The van der Waals surface area contributed by atoms with Crippen molar-refractivity contribution in [2.45, 2.75) is 25.9 Å². The fourth-order valence-electron chi connectivity index (χ4n) is 3.94. The van der Waals surface area contributed by atoms with E-state index in [0.29, 0.717) is 49.9 Å². The molecule has 0 unspecified atom stereocenters. The van der Waals surface area contributed by atoms with Crippen LogP contribution in [0, 0.1) is 0 Å². The zero-order valence-corrected chi connectivity index (χ0v) is 20.1. The molecular weight excluding hydrogens is 444 g/mol. The number of methoxy groups -OCH3 is 1. The molecule has 0 atom stereocenters. The SMILES string of the molecule is COC(=O)c1cc(CN2CCOCC2(C)C)ccc1NC(=O)c1csc(N2CCOCC2)n1. The predicted molar refractivity (Wildman–Crippen MR) is 126 cm³/mol. The number of benzene rings is 1. The van der Waals surface area contributed by atoms with Crippen LogP contribution in [0.2, 0.25) is 0 Å². The molecule has 1 amide bonds. The third-order valence-electron chi connectivity index (χ3n) is 5.93. The van der Waals surface area contributed by atoms with Crippen LogP contribution in [0.5, 0.6) is 0 Å². The third kappa shape index (κ3) is 5.52. The molecule has 0 aliphatic carbocycles. The molecule has 2 aliphatic heterocycles. The van der Waals surface area contributed by atoms with E-state index in [4.69, 9.17) is 14.2 Å². The Balaban J connectivity index is 1.50. The number of anilines is 2. The second kappa shape index (κ2) is 10.2. The highest BCUT2D eigenvalue weighted by Gasteiger charge is 2.30. The summed E-state index contributed by atoms with van der Waals surface area (Å²) in [6.07, 6.45) is 0. The van der Waals surface area contributed by atoms with Gasteiger partial charge < -0.3 is 24.4 Å². The van der Waals surface area contributed by atoms with Crippen molar-refractivity contribution in [3.05, 3.63) is 40.4 Å². The molecule has 0 radical (unpaired) electrons. The van der Waals surface area contributed by atoms with Crippen molar-refractivity contribution in [2.24, 2.45) is 0 Å². The Morgan fingerprint density at radius 1 is 1.18 bits per heavy atom. The summed E-state index contributed by atoms with van der Waals surface area (Å²) in [5, 5.41) is 5.35. The highest BCUT2D eigenvalue weighted by molar-refractivity contribution is 7.14. The summed E-state index contributed by atoms with van der Waals surface area (Å²) in [5.41, 5.74) is 1.90. The second-order valence-corrected chi connectivity index (χ2v) is 9.56. The smallest absolute Gasteiger partial charge is 0.339 e. The zero-order chi connectivity index (χ0) is 23.4. The molecule has 9 nitrogen and oxygen atoms in total. The average molecular weight is 475 g/mol. The molecule has 33 heavy (non-hydrogen) atoms. The molecule has 1 aromatic heterocycles. The largest absolute Gasteiger partial charge is 0.465 e. The van der Waals surface area contributed by atoms with E-state index < -0.39 is 5.97 Å². The topological polar surface area (TPSA) is 93.2 Å². The lowest BCUT2D eigenvalue weighted by molar-refractivity contribution is -0.0552. The number of hydrogen-bond acceptors (Lipinski definition) is 9. The lowest BCUT2D eigenvalue weighted by Crippen LogP contribution is -2.52. The minimum absolute atomic E-state index is 0.0978. The number of carbonyl (C=O) groups excluding carboxylic acids is 2. The monoisotopic (exact) mass is 474 g/mol. The standard InChI is InChI=1S/C23H30N4O5S/c1-23(2)15-32-11-8-27(23)13-16-4-5-18(17(12-16)21(29)30-3)24-20(28)19-14-33-22(25-19)26-6-9-31-10-7-26/h4-5,12,14H,6-11,13,15H2,1-3H3,(H,24,28). The van der Waals surface area contributed by atoms with Crippen LogP contribution < -0.4 is 10.2 Å². The fourth-order valence-corrected chi connectivity index (χ4v) is 4.80. The van der Waals surface area contributed by atoms with Gasteiger partial charge in [-0.3, -0.25) is 9.69 Å². The molecule has 0 bridgehead atoms. The van der Waals surface area contributed by atoms with Crippen molar-refractivity contribution in [1.29, 1.82) is 0 Å². The van der Waals surface area contributed by atoms with Gasteiger partial charge in [0.1, 0.15) is 5.69 Å². The van der Waals surface area contributed by atoms with Gasteiger partial charge in [-0.2, -0.15) is 0 Å². The Hall–Kier alpha value is -2.53. The van der Waals surface area contributed by atoms with Gasteiger partial charge in [-0.1, -0.05) is 6.07 Å². The second-order valence-electron chi connectivity index (χ2n) is 8.73. The normalized spacial score (nSPS) is 18.7. The maximum atomic E-state index is 12.9. The number of nitrogens with one attached hydrogen (secondary N) is 1. The van der Waals surface area contributed by atoms with Gasteiger partial charge in [-0.15, -0.1) is 11.3 Å². The van der Waals surface area contributed by atoms with E-state index in [9.17, 15) is 9.59 Å².